The molecular weight excluding hydrogens is 196 g/mol. The number of allylic oxidation sites excluding steroid dienone is 1. The van der Waals surface area contributed by atoms with Crippen LogP contribution in [0, 0.1) is 5.92 Å². The first-order valence-corrected chi connectivity index (χ1v) is 6.91. The van der Waals surface area contributed by atoms with Gasteiger partial charge in [0.25, 0.3) is 0 Å². The predicted octanol–water partition coefficient (Wildman–Crippen LogP) is 4.91. The van der Waals surface area contributed by atoms with E-state index < -0.39 is 0 Å². The molecule has 1 atom stereocenters. The number of hydrogen-bond donors (Lipinski definition) is 0. The highest BCUT2D eigenvalue weighted by atomic mass is 16.1. The van der Waals surface area contributed by atoms with Crippen molar-refractivity contribution >= 4 is 6.29 Å². The summed E-state index contributed by atoms with van der Waals surface area (Å²) in [5, 5.41) is 0. The van der Waals surface area contributed by atoms with E-state index in [1.165, 1.54) is 44.9 Å². The molecule has 0 saturated heterocycles. The molecule has 0 saturated carbocycles. The van der Waals surface area contributed by atoms with E-state index in [1.807, 2.05) is 6.08 Å². The molecule has 0 aromatic rings. The summed E-state index contributed by atoms with van der Waals surface area (Å²) >= 11 is 0. The Labute approximate surface area is 101 Å². The van der Waals surface area contributed by atoms with E-state index in [1.54, 1.807) is 0 Å². The second kappa shape index (κ2) is 12.5. The van der Waals surface area contributed by atoms with Crippen molar-refractivity contribution in [3.8, 4) is 0 Å². The molecule has 0 aliphatic carbocycles. The third-order valence-electron chi connectivity index (χ3n) is 3.10. The molecule has 0 rings (SSSR count). The van der Waals surface area contributed by atoms with Crippen molar-refractivity contribution < 1.29 is 4.79 Å². The fourth-order valence-corrected chi connectivity index (χ4v) is 1.97. The third-order valence-corrected chi connectivity index (χ3v) is 3.10. The fourth-order valence-electron chi connectivity index (χ4n) is 1.97. The molecular formula is C15H28O. The number of unbranched alkanes of at least 4 members (excludes halogenated alkanes) is 6. The van der Waals surface area contributed by atoms with Gasteiger partial charge in [-0.2, -0.15) is 0 Å². The van der Waals surface area contributed by atoms with E-state index >= 15 is 0 Å². The summed E-state index contributed by atoms with van der Waals surface area (Å²) in [5.74, 6) is 0.327. The highest BCUT2D eigenvalue weighted by Crippen LogP contribution is 2.15. The highest BCUT2D eigenvalue weighted by molar-refractivity contribution is 5.53. The number of aldehydes is 1. The lowest BCUT2D eigenvalue weighted by atomic mass is 9.96. The van der Waals surface area contributed by atoms with Gasteiger partial charge in [0.05, 0.1) is 0 Å². The van der Waals surface area contributed by atoms with Crippen molar-refractivity contribution in [3.05, 3.63) is 12.7 Å². The zero-order chi connectivity index (χ0) is 12.1. The third kappa shape index (κ3) is 9.95. The molecule has 0 spiro atoms. The smallest absolute Gasteiger partial charge is 0.123 e. The van der Waals surface area contributed by atoms with Crippen LogP contribution in [0.2, 0.25) is 0 Å². The first-order valence-electron chi connectivity index (χ1n) is 6.91. The molecule has 0 N–H and O–H groups in total. The normalized spacial score (nSPS) is 12.3. The Bertz CT molecular complexity index is 163. The lowest BCUT2D eigenvalue weighted by Crippen LogP contribution is -2.01. The van der Waals surface area contributed by atoms with Gasteiger partial charge in [0.2, 0.25) is 0 Å². The minimum atomic E-state index is 0.327. The van der Waals surface area contributed by atoms with Gasteiger partial charge in [-0.3, -0.25) is 0 Å². The van der Waals surface area contributed by atoms with Crippen molar-refractivity contribution in [2.24, 2.45) is 5.92 Å². The molecule has 0 aliphatic rings. The molecule has 94 valence electrons. The van der Waals surface area contributed by atoms with Crippen LogP contribution < -0.4 is 0 Å². The van der Waals surface area contributed by atoms with Crippen LogP contribution in [0.5, 0.6) is 0 Å². The zero-order valence-corrected chi connectivity index (χ0v) is 10.9. The first kappa shape index (κ1) is 15.4. The van der Waals surface area contributed by atoms with Crippen LogP contribution in [0.1, 0.15) is 71.1 Å². The van der Waals surface area contributed by atoms with Crippen LogP contribution in [-0.4, -0.2) is 6.29 Å². The first-order chi connectivity index (χ1) is 7.85. The van der Waals surface area contributed by atoms with E-state index in [0.29, 0.717) is 5.92 Å². The van der Waals surface area contributed by atoms with E-state index in [9.17, 15) is 4.79 Å². The molecule has 0 amide bonds. The van der Waals surface area contributed by atoms with E-state index in [0.717, 1.165) is 25.5 Å². The van der Waals surface area contributed by atoms with Gasteiger partial charge in [0.1, 0.15) is 6.29 Å². The quantitative estimate of drug-likeness (QED) is 0.261. The van der Waals surface area contributed by atoms with Gasteiger partial charge in [-0.05, 0) is 25.7 Å². The maximum Gasteiger partial charge on any atom is 0.123 e. The van der Waals surface area contributed by atoms with Gasteiger partial charge in [-0.25, -0.2) is 0 Å². The number of carbonyl (C=O) groups is 1. The van der Waals surface area contributed by atoms with Gasteiger partial charge in [0, 0.05) is 5.92 Å². The largest absolute Gasteiger partial charge is 0.303 e. The average Bonchev–Trinajstić information content (AvgIpc) is 2.32. The summed E-state index contributed by atoms with van der Waals surface area (Å²) in [6.07, 6.45) is 15.3. The minimum absolute atomic E-state index is 0.327. The predicted molar refractivity (Wildman–Crippen MR) is 71.6 cm³/mol. The standard InChI is InChI=1S/C15H28O/c1-3-5-7-8-9-10-11-13-15(14-16)12-6-4-2/h3,14-15H,1,4-13H2,2H3. The monoisotopic (exact) mass is 224 g/mol. The number of rotatable bonds is 12. The van der Waals surface area contributed by atoms with Crippen molar-refractivity contribution in [2.75, 3.05) is 0 Å². The van der Waals surface area contributed by atoms with Crippen molar-refractivity contribution in [2.45, 2.75) is 71.1 Å². The number of carbonyl (C=O) groups excluding carboxylic acids is 1. The summed E-state index contributed by atoms with van der Waals surface area (Å²) in [5.41, 5.74) is 0. The Morgan fingerprint density at radius 2 is 1.62 bits per heavy atom. The van der Waals surface area contributed by atoms with Crippen LogP contribution in [0.3, 0.4) is 0 Å². The van der Waals surface area contributed by atoms with Crippen LogP contribution in [0.4, 0.5) is 0 Å². The topological polar surface area (TPSA) is 17.1 Å². The second-order valence-electron chi connectivity index (χ2n) is 4.67. The van der Waals surface area contributed by atoms with Crippen LogP contribution in [0.25, 0.3) is 0 Å². The fraction of sp³-hybridized carbons (Fsp3) is 0.800. The zero-order valence-electron chi connectivity index (χ0n) is 10.9. The lowest BCUT2D eigenvalue weighted by molar-refractivity contribution is -0.111. The summed E-state index contributed by atoms with van der Waals surface area (Å²) in [6, 6.07) is 0. The minimum Gasteiger partial charge on any atom is -0.303 e. The Morgan fingerprint density at radius 3 is 2.25 bits per heavy atom. The van der Waals surface area contributed by atoms with Gasteiger partial charge in [0.15, 0.2) is 0 Å². The Morgan fingerprint density at radius 1 is 1.00 bits per heavy atom. The number of hydrogen-bond acceptors (Lipinski definition) is 1. The average molecular weight is 224 g/mol. The molecule has 1 unspecified atom stereocenters. The molecule has 16 heavy (non-hydrogen) atoms. The lowest BCUT2D eigenvalue weighted by Gasteiger charge is -2.08. The van der Waals surface area contributed by atoms with Crippen molar-refractivity contribution in [1.29, 1.82) is 0 Å². The molecule has 0 fully saturated rings. The van der Waals surface area contributed by atoms with Crippen molar-refractivity contribution in [3.63, 3.8) is 0 Å². The summed E-state index contributed by atoms with van der Waals surface area (Å²) in [6.45, 7) is 5.90. The van der Waals surface area contributed by atoms with E-state index in [4.69, 9.17) is 0 Å². The molecule has 0 heterocycles. The molecule has 0 radical (unpaired) electrons. The van der Waals surface area contributed by atoms with Crippen molar-refractivity contribution in [1.82, 2.24) is 0 Å². The van der Waals surface area contributed by atoms with E-state index in [-0.39, 0.29) is 0 Å². The van der Waals surface area contributed by atoms with Crippen LogP contribution in [0.15, 0.2) is 12.7 Å². The van der Waals surface area contributed by atoms with Gasteiger partial charge in [-0.1, -0.05) is 51.5 Å². The van der Waals surface area contributed by atoms with Gasteiger partial charge >= 0.3 is 0 Å². The summed E-state index contributed by atoms with van der Waals surface area (Å²) < 4.78 is 0. The maximum absolute atomic E-state index is 10.8. The summed E-state index contributed by atoms with van der Waals surface area (Å²) in [4.78, 5) is 10.8. The molecule has 0 aliphatic heterocycles. The Hall–Kier alpha value is -0.590. The van der Waals surface area contributed by atoms with E-state index in [2.05, 4.69) is 13.5 Å². The highest BCUT2D eigenvalue weighted by Gasteiger charge is 2.05. The molecule has 1 nitrogen and oxygen atoms in total. The molecule has 0 bridgehead atoms. The van der Waals surface area contributed by atoms with Gasteiger partial charge in [-0.15, -0.1) is 6.58 Å². The Balaban J connectivity index is 3.26. The SMILES string of the molecule is C=CCCCCCCCC(C=O)CCCC. The maximum atomic E-state index is 10.8. The van der Waals surface area contributed by atoms with Crippen LogP contribution >= 0.6 is 0 Å². The van der Waals surface area contributed by atoms with Crippen LogP contribution in [-0.2, 0) is 4.79 Å². The molecule has 0 aromatic heterocycles. The second-order valence-corrected chi connectivity index (χ2v) is 4.67. The van der Waals surface area contributed by atoms with Gasteiger partial charge < -0.3 is 4.79 Å². The Kier molecular flexibility index (Phi) is 12.0. The summed E-state index contributed by atoms with van der Waals surface area (Å²) in [7, 11) is 0. The molecule has 0 aromatic carbocycles. The molecule has 1 heteroatoms.